The normalized spacial score (nSPS) is 22.7. The third kappa shape index (κ3) is 2.34. The number of hydrogen-bond donors (Lipinski definition) is 0. The van der Waals surface area contributed by atoms with E-state index in [9.17, 15) is 16.8 Å². The Morgan fingerprint density at radius 3 is 1.38 bits per heavy atom. The highest BCUT2D eigenvalue weighted by molar-refractivity contribution is 7.92. The standard InChI is InChI=1S/C17H19N3O4S2/c1-18-16-13-9-5-7-11-15(13)20(26(3,23)24)17(18)12-8-4-6-10-14(12)19(16)25(2,21)22/h4-11,16-17H,1-3H3. The van der Waals surface area contributed by atoms with Crippen LogP contribution in [0.1, 0.15) is 23.5 Å². The van der Waals surface area contributed by atoms with Gasteiger partial charge in [0, 0.05) is 11.1 Å². The molecule has 7 nitrogen and oxygen atoms in total. The van der Waals surface area contributed by atoms with Crippen molar-refractivity contribution < 1.29 is 16.8 Å². The van der Waals surface area contributed by atoms with Gasteiger partial charge in [0.05, 0.1) is 23.9 Å². The van der Waals surface area contributed by atoms with Crippen molar-refractivity contribution in [2.45, 2.75) is 12.3 Å². The maximum atomic E-state index is 12.7. The SMILES string of the molecule is CN1C2c3ccccc3N(S(C)(=O)=O)C1c1ccccc1N2S(C)(=O)=O. The van der Waals surface area contributed by atoms with Gasteiger partial charge in [0.2, 0.25) is 20.0 Å². The van der Waals surface area contributed by atoms with E-state index in [4.69, 9.17) is 0 Å². The third-order valence-corrected chi connectivity index (χ3v) is 7.06. The Hall–Kier alpha value is -2.10. The van der Waals surface area contributed by atoms with E-state index in [0.29, 0.717) is 22.5 Å². The van der Waals surface area contributed by atoms with Gasteiger partial charge in [-0.05, 0) is 19.2 Å². The van der Waals surface area contributed by atoms with Crippen LogP contribution in [-0.2, 0) is 20.0 Å². The smallest absolute Gasteiger partial charge is 0.233 e. The minimum absolute atomic E-state index is 0.506. The van der Waals surface area contributed by atoms with Crippen LogP contribution in [0.15, 0.2) is 48.5 Å². The van der Waals surface area contributed by atoms with Crippen LogP contribution in [0.5, 0.6) is 0 Å². The molecular weight excluding hydrogens is 374 g/mol. The summed E-state index contributed by atoms with van der Waals surface area (Å²) >= 11 is 0. The van der Waals surface area contributed by atoms with E-state index >= 15 is 0 Å². The Balaban J connectivity index is 2.12. The van der Waals surface area contributed by atoms with Gasteiger partial charge >= 0.3 is 0 Å². The topological polar surface area (TPSA) is 78.0 Å². The summed E-state index contributed by atoms with van der Waals surface area (Å²) in [4.78, 5) is 1.78. The second-order valence-corrected chi connectivity index (χ2v) is 10.4. The quantitative estimate of drug-likeness (QED) is 0.778. The van der Waals surface area contributed by atoms with Crippen molar-refractivity contribution >= 4 is 31.4 Å². The number of rotatable bonds is 2. The average molecular weight is 393 g/mol. The van der Waals surface area contributed by atoms with Crippen LogP contribution in [0.2, 0.25) is 0 Å². The Labute approximate surface area is 153 Å². The molecule has 9 heteroatoms. The van der Waals surface area contributed by atoms with Crippen LogP contribution < -0.4 is 8.61 Å². The van der Waals surface area contributed by atoms with E-state index in [1.54, 1.807) is 60.5 Å². The zero-order valence-electron chi connectivity index (χ0n) is 14.6. The molecule has 2 aliphatic heterocycles. The number of para-hydroxylation sites is 2. The largest absolute Gasteiger partial charge is 0.256 e. The molecule has 2 bridgehead atoms. The minimum atomic E-state index is -3.59. The van der Waals surface area contributed by atoms with Gasteiger partial charge in [0.25, 0.3) is 0 Å². The molecular formula is C17H19N3O4S2. The van der Waals surface area contributed by atoms with Gasteiger partial charge in [-0.3, -0.25) is 4.90 Å². The molecule has 2 atom stereocenters. The number of sulfonamides is 2. The monoisotopic (exact) mass is 393 g/mol. The van der Waals surface area contributed by atoms with Crippen LogP contribution >= 0.6 is 0 Å². The lowest BCUT2D eigenvalue weighted by Crippen LogP contribution is -2.57. The molecule has 0 amide bonds. The fourth-order valence-electron chi connectivity index (χ4n) is 3.95. The van der Waals surface area contributed by atoms with Crippen LogP contribution in [0, 0.1) is 0 Å². The summed E-state index contributed by atoms with van der Waals surface area (Å²) in [6, 6.07) is 14.1. The van der Waals surface area contributed by atoms with Crippen molar-refractivity contribution in [2.24, 2.45) is 0 Å². The van der Waals surface area contributed by atoms with E-state index in [-0.39, 0.29) is 0 Å². The predicted octanol–water partition coefficient (Wildman–Crippen LogP) is 1.88. The molecule has 138 valence electrons. The van der Waals surface area contributed by atoms with Gasteiger partial charge in [0.15, 0.2) is 0 Å². The summed E-state index contributed by atoms with van der Waals surface area (Å²) in [5.41, 5.74) is 2.28. The van der Waals surface area contributed by atoms with Gasteiger partial charge in [-0.25, -0.2) is 25.4 Å². The number of fused-ring (bicyclic) bond motifs is 6. The minimum Gasteiger partial charge on any atom is -0.256 e. The Kier molecular flexibility index (Phi) is 3.63. The summed E-state index contributed by atoms with van der Waals surface area (Å²) < 4.78 is 53.3. The molecule has 0 aromatic heterocycles. The molecule has 0 saturated carbocycles. The highest BCUT2D eigenvalue weighted by atomic mass is 32.2. The molecule has 2 aromatic carbocycles. The van der Waals surface area contributed by atoms with Crippen LogP contribution in [0.4, 0.5) is 11.4 Å². The van der Waals surface area contributed by atoms with Gasteiger partial charge in [-0.15, -0.1) is 0 Å². The van der Waals surface area contributed by atoms with E-state index in [1.807, 2.05) is 0 Å². The van der Waals surface area contributed by atoms with Crippen molar-refractivity contribution in [3.63, 3.8) is 0 Å². The van der Waals surface area contributed by atoms with Gasteiger partial charge < -0.3 is 0 Å². The summed E-state index contributed by atoms with van der Waals surface area (Å²) in [7, 11) is -5.44. The second-order valence-electron chi connectivity index (χ2n) is 6.65. The van der Waals surface area contributed by atoms with Gasteiger partial charge in [-0.2, -0.15) is 0 Å². The van der Waals surface area contributed by atoms with Crippen molar-refractivity contribution in [3.05, 3.63) is 59.7 Å². The highest BCUT2D eigenvalue weighted by Crippen LogP contribution is 2.53. The fourth-order valence-corrected chi connectivity index (χ4v) is 6.25. The summed E-state index contributed by atoms with van der Waals surface area (Å²) in [5.74, 6) is 0. The second kappa shape index (κ2) is 5.45. The molecule has 0 spiro atoms. The van der Waals surface area contributed by atoms with Crippen LogP contribution in [-0.4, -0.2) is 41.3 Å². The molecule has 0 aliphatic carbocycles. The number of benzene rings is 2. The van der Waals surface area contributed by atoms with Crippen LogP contribution in [0.25, 0.3) is 0 Å². The molecule has 2 heterocycles. The number of anilines is 2. The predicted molar refractivity (Wildman–Crippen MR) is 101 cm³/mol. The van der Waals surface area contributed by atoms with E-state index in [1.165, 1.54) is 21.1 Å². The average Bonchev–Trinajstić information content (AvgIpc) is 2.53. The lowest BCUT2D eigenvalue weighted by molar-refractivity contribution is 0.163. The summed E-state index contributed by atoms with van der Waals surface area (Å²) in [6.45, 7) is 0. The lowest BCUT2D eigenvalue weighted by atomic mass is 9.97. The first-order valence-electron chi connectivity index (χ1n) is 8.01. The summed E-state index contributed by atoms with van der Waals surface area (Å²) in [5, 5.41) is 0. The van der Waals surface area contributed by atoms with Crippen molar-refractivity contribution in [2.75, 3.05) is 28.2 Å². The Morgan fingerprint density at radius 2 is 1.04 bits per heavy atom. The lowest BCUT2D eigenvalue weighted by Gasteiger charge is -2.54. The first-order valence-corrected chi connectivity index (χ1v) is 11.7. The number of nitrogens with zero attached hydrogens (tertiary/aromatic N) is 3. The summed E-state index contributed by atoms with van der Waals surface area (Å²) in [6.07, 6.45) is 1.12. The Bertz CT molecular complexity index is 1010. The van der Waals surface area contributed by atoms with Crippen molar-refractivity contribution in [1.29, 1.82) is 0 Å². The molecule has 0 fully saturated rings. The molecule has 0 N–H and O–H groups in total. The highest BCUT2D eigenvalue weighted by Gasteiger charge is 2.50. The zero-order valence-corrected chi connectivity index (χ0v) is 16.2. The molecule has 2 aliphatic rings. The maximum Gasteiger partial charge on any atom is 0.233 e. The Morgan fingerprint density at radius 1 is 0.692 bits per heavy atom. The molecule has 4 rings (SSSR count). The molecule has 2 aromatic rings. The van der Waals surface area contributed by atoms with Gasteiger partial charge in [-0.1, -0.05) is 36.4 Å². The molecule has 2 unspecified atom stereocenters. The van der Waals surface area contributed by atoms with Crippen molar-refractivity contribution in [1.82, 2.24) is 4.90 Å². The maximum absolute atomic E-state index is 12.7. The van der Waals surface area contributed by atoms with E-state index < -0.39 is 32.4 Å². The van der Waals surface area contributed by atoms with Crippen LogP contribution in [0.3, 0.4) is 0 Å². The first kappa shape index (κ1) is 17.3. The van der Waals surface area contributed by atoms with Crippen molar-refractivity contribution in [3.8, 4) is 0 Å². The third-order valence-electron chi connectivity index (χ3n) is 4.84. The van der Waals surface area contributed by atoms with E-state index in [0.717, 1.165) is 0 Å². The molecule has 0 saturated heterocycles. The first-order chi connectivity index (χ1) is 12.1. The fraction of sp³-hybridized carbons (Fsp3) is 0.294. The van der Waals surface area contributed by atoms with Gasteiger partial charge in [0.1, 0.15) is 12.3 Å². The zero-order chi connectivity index (χ0) is 18.9. The van der Waals surface area contributed by atoms with E-state index in [2.05, 4.69) is 0 Å². The number of hydrogen-bond acceptors (Lipinski definition) is 5. The molecule has 0 radical (unpaired) electrons. The molecule has 26 heavy (non-hydrogen) atoms.